The standard InChI is InChI=1S/C19H18N4O2S2/c1-12(15-10-13-6-3-4-7-14(13)25-15)22(2)17(24)11-23-18(20-21-19(23)26)16-8-5-9-27-16/h3-10,12H,11H2,1-2H3,(H,21,26). The first-order valence-corrected chi connectivity index (χ1v) is 9.76. The summed E-state index contributed by atoms with van der Waals surface area (Å²) < 4.78 is 8.06. The van der Waals surface area contributed by atoms with Gasteiger partial charge in [-0.15, -0.1) is 11.3 Å². The first-order chi connectivity index (χ1) is 13.0. The Morgan fingerprint density at radius 1 is 1.37 bits per heavy atom. The van der Waals surface area contributed by atoms with Crippen LogP contribution in [0.2, 0.25) is 0 Å². The number of aromatic amines is 1. The van der Waals surface area contributed by atoms with Crippen LogP contribution < -0.4 is 0 Å². The van der Waals surface area contributed by atoms with Gasteiger partial charge in [-0.2, -0.15) is 5.10 Å². The summed E-state index contributed by atoms with van der Waals surface area (Å²) in [5.74, 6) is 1.35. The first kappa shape index (κ1) is 17.7. The van der Waals surface area contributed by atoms with Gasteiger partial charge < -0.3 is 9.32 Å². The van der Waals surface area contributed by atoms with Crippen molar-refractivity contribution in [3.05, 3.63) is 58.4 Å². The second-order valence-electron chi connectivity index (χ2n) is 6.28. The molecule has 1 aromatic carbocycles. The van der Waals surface area contributed by atoms with Crippen molar-refractivity contribution < 1.29 is 9.21 Å². The van der Waals surface area contributed by atoms with Crippen molar-refractivity contribution in [1.29, 1.82) is 0 Å². The van der Waals surface area contributed by atoms with E-state index in [2.05, 4.69) is 10.2 Å². The summed E-state index contributed by atoms with van der Waals surface area (Å²) in [5, 5.41) is 10.0. The number of nitrogens with zero attached hydrogens (tertiary/aromatic N) is 3. The SMILES string of the molecule is CC(c1cc2ccccc2o1)N(C)C(=O)Cn1c(-c2cccs2)n[nH]c1=S. The minimum atomic E-state index is -0.198. The maximum absolute atomic E-state index is 12.9. The van der Waals surface area contributed by atoms with E-state index in [9.17, 15) is 4.79 Å². The van der Waals surface area contributed by atoms with Crippen molar-refractivity contribution in [3.63, 3.8) is 0 Å². The number of rotatable bonds is 5. The van der Waals surface area contributed by atoms with E-state index in [-0.39, 0.29) is 18.5 Å². The summed E-state index contributed by atoms with van der Waals surface area (Å²) in [4.78, 5) is 15.5. The van der Waals surface area contributed by atoms with Crippen molar-refractivity contribution in [2.45, 2.75) is 19.5 Å². The molecule has 0 fully saturated rings. The molecule has 1 amide bonds. The van der Waals surface area contributed by atoms with Gasteiger partial charge in [-0.25, -0.2) is 0 Å². The molecule has 0 radical (unpaired) electrons. The topological polar surface area (TPSA) is 67.1 Å². The molecule has 0 aliphatic rings. The van der Waals surface area contributed by atoms with Gasteiger partial charge in [0.1, 0.15) is 17.9 Å². The van der Waals surface area contributed by atoms with Crippen LogP contribution in [-0.4, -0.2) is 32.6 Å². The predicted molar refractivity (Wildman–Crippen MR) is 108 cm³/mol. The van der Waals surface area contributed by atoms with E-state index in [4.69, 9.17) is 16.6 Å². The van der Waals surface area contributed by atoms with Crippen LogP contribution >= 0.6 is 23.6 Å². The number of para-hydroxylation sites is 1. The maximum Gasteiger partial charge on any atom is 0.243 e. The lowest BCUT2D eigenvalue weighted by molar-refractivity contribution is -0.132. The molecule has 3 aromatic heterocycles. The molecule has 0 saturated heterocycles. The number of likely N-dealkylation sites (N-methyl/N-ethyl adjacent to an activating group) is 1. The Kier molecular flexibility index (Phi) is 4.67. The third-order valence-electron chi connectivity index (χ3n) is 4.62. The van der Waals surface area contributed by atoms with E-state index in [1.165, 1.54) is 0 Å². The number of carbonyl (C=O) groups excluding carboxylic acids is 1. The highest BCUT2D eigenvalue weighted by molar-refractivity contribution is 7.71. The molecule has 0 saturated carbocycles. The maximum atomic E-state index is 12.9. The molecule has 4 aromatic rings. The Labute approximate surface area is 165 Å². The summed E-state index contributed by atoms with van der Waals surface area (Å²) in [6.07, 6.45) is 0. The fourth-order valence-corrected chi connectivity index (χ4v) is 3.84. The summed E-state index contributed by atoms with van der Waals surface area (Å²) in [6.45, 7) is 2.06. The lowest BCUT2D eigenvalue weighted by Crippen LogP contribution is -2.32. The van der Waals surface area contributed by atoms with Gasteiger partial charge in [-0.1, -0.05) is 24.3 Å². The third kappa shape index (κ3) is 3.33. The van der Waals surface area contributed by atoms with Gasteiger partial charge >= 0.3 is 0 Å². The molecule has 0 bridgehead atoms. The highest BCUT2D eigenvalue weighted by Crippen LogP contribution is 2.27. The van der Waals surface area contributed by atoms with E-state index in [1.54, 1.807) is 27.9 Å². The van der Waals surface area contributed by atoms with Crippen LogP contribution in [0.4, 0.5) is 0 Å². The molecule has 4 rings (SSSR count). The van der Waals surface area contributed by atoms with Gasteiger partial charge in [0.2, 0.25) is 5.91 Å². The predicted octanol–water partition coefficient (Wildman–Crippen LogP) is 4.63. The van der Waals surface area contributed by atoms with Crippen molar-refractivity contribution in [2.24, 2.45) is 0 Å². The number of benzene rings is 1. The fourth-order valence-electron chi connectivity index (χ4n) is 2.92. The number of aromatic nitrogens is 3. The van der Waals surface area contributed by atoms with Gasteiger partial charge in [0.05, 0.1) is 10.9 Å². The third-order valence-corrected chi connectivity index (χ3v) is 5.80. The first-order valence-electron chi connectivity index (χ1n) is 8.48. The van der Waals surface area contributed by atoms with E-state index in [0.717, 1.165) is 21.6 Å². The molecule has 0 aliphatic carbocycles. The number of nitrogens with one attached hydrogen (secondary N) is 1. The Balaban J connectivity index is 1.56. The number of H-pyrrole nitrogens is 1. The van der Waals surface area contributed by atoms with E-state index in [0.29, 0.717) is 10.6 Å². The molecule has 0 aliphatic heterocycles. The number of fused-ring (bicyclic) bond motifs is 1. The smallest absolute Gasteiger partial charge is 0.243 e. The normalized spacial score (nSPS) is 12.4. The summed E-state index contributed by atoms with van der Waals surface area (Å²) in [7, 11) is 1.77. The van der Waals surface area contributed by atoms with Crippen molar-refractivity contribution >= 4 is 40.4 Å². The summed E-state index contributed by atoms with van der Waals surface area (Å²) >= 11 is 6.87. The molecular formula is C19H18N4O2S2. The minimum absolute atomic E-state index is 0.0711. The molecule has 8 heteroatoms. The van der Waals surface area contributed by atoms with Gasteiger partial charge in [0.25, 0.3) is 0 Å². The molecule has 0 spiro atoms. The number of thiophene rings is 1. The summed E-state index contributed by atoms with van der Waals surface area (Å²) in [5.41, 5.74) is 0.817. The second-order valence-corrected chi connectivity index (χ2v) is 7.62. The van der Waals surface area contributed by atoms with E-state index >= 15 is 0 Å². The largest absolute Gasteiger partial charge is 0.459 e. The number of amides is 1. The van der Waals surface area contributed by atoms with Crippen LogP contribution in [0.3, 0.4) is 0 Å². The zero-order valence-corrected chi connectivity index (χ0v) is 16.5. The highest BCUT2D eigenvalue weighted by atomic mass is 32.1. The molecule has 138 valence electrons. The summed E-state index contributed by atoms with van der Waals surface area (Å²) in [6, 6.07) is 13.5. The molecule has 1 unspecified atom stereocenters. The fraction of sp³-hybridized carbons (Fsp3) is 0.211. The van der Waals surface area contributed by atoms with Crippen molar-refractivity contribution in [2.75, 3.05) is 7.05 Å². The van der Waals surface area contributed by atoms with Crippen LogP contribution in [0.25, 0.3) is 21.7 Å². The van der Waals surface area contributed by atoms with Crippen LogP contribution in [-0.2, 0) is 11.3 Å². The number of hydrogen-bond acceptors (Lipinski definition) is 5. The molecule has 3 heterocycles. The zero-order chi connectivity index (χ0) is 19.0. The molecular weight excluding hydrogens is 380 g/mol. The van der Waals surface area contributed by atoms with E-state index < -0.39 is 0 Å². The van der Waals surface area contributed by atoms with Crippen LogP contribution in [0, 0.1) is 4.77 Å². The molecule has 1 atom stereocenters. The minimum Gasteiger partial charge on any atom is -0.459 e. The Morgan fingerprint density at radius 2 is 2.19 bits per heavy atom. The quantitative estimate of drug-likeness (QED) is 0.498. The van der Waals surface area contributed by atoms with E-state index in [1.807, 2.05) is 54.8 Å². The van der Waals surface area contributed by atoms with Crippen LogP contribution in [0.15, 0.2) is 52.3 Å². The molecule has 27 heavy (non-hydrogen) atoms. The zero-order valence-electron chi connectivity index (χ0n) is 14.9. The Morgan fingerprint density at radius 3 is 2.93 bits per heavy atom. The Hall–Kier alpha value is -2.71. The molecule has 6 nitrogen and oxygen atoms in total. The van der Waals surface area contributed by atoms with Gasteiger partial charge in [-0.05, 0) is 42.7 Å². The lowest BCUT2D eigenvalue weighted by Gasteiger charge is -2.23. The number of carbonyl (C=O) groups is 1. The monoisotopic (exact) mass is 398 g/mol. The number of furan rings is 1. The highest BCUT2D eigenvalue weighted by Gasteiger charge is 2.22. The van der Waals surface area contributed by atoms with Gasteiger partial charge in [0.15, 0.2) is 10.6 Å². The van der Waals surface area contributed by atoms with Crippen LogP contribution in [0.5, 0.6) is 0 Å². The lowest BCUT2D eigenvalue weighted by atomic mass is 10.2. The van der Waals surface area contributed by atoms with Gasteiger partial charge in [-0.3, -0.25) is 14.5 Å². The van der Waals surface area contributed by atoms with Crippen LogP contribution in [0.1, 0.15) is 18.7 Å². The second kappa shape index (κ2) is 7.13. The average Bonchev–Trinajstić information content (AvgIpc) is 3.40. The molecule has 1 N–H and O–H groups in total. The van der Waals surface area contributed by atoms with Crippen molar-refractivity contribution in [3.8, 4) is 10.7 Å². The number of hydrogen-bond donors (Lipinski definition) is 1. The average molecular weight is 399 g/mol. The van der Waals surface area contributed by atoms with Gasteiger partial charge in [0, 0.05) is 12.4 Å². The van der Waals surface area contributed by atoms with Crippen molar-refractivity contribution in [1.82, 2.24) is 19.7 Å². The Bertz CT molecular complexity index is 1110.